The van der Waals surface area contributed by atoms with E-state index in [0.29, 0.717) is 6.42 Å². The number of benzene rings is 1. The lowest BCUT2D eigenvalue weighted by atomic mass is 9.86. The number of carbonyl (C=O) groups excluding carboxylic acids is 1. The van der Waals surface area contributed by atoms with Crippen molar-refractivity contribution in [1.82, 2.24) is 4.90 Å². The number of fused-ring (bicyclic) bond motifs is 1. The van der Waals surface area contributed by atoms with Crippen LogP contribution in [0.1, 0.15) is 52.0 Å². The largest absolute Gasteiger partial charge is 0.322 e. The first-order chi connectivity index (χ1) is 11.7. The third-order valence-corrected chi connectivity index (χ3v) is 7.61. The summed E-state index contributed by atoms with van der Waals surface area (Å²) < 4.78 is 24.7. The number of rotatable bonds is 1. The molecule has 1 heterocycles. The molecule has 1 aromatic rings. The van der Waals surface area contributed by atoms with E-state index in [2.05, 4.69) is 26.1 Å². The average molecular weight is 365 g/mol. The Morgan fingerprint density at radius 3 is 2.56 bits per heavy atom. The van der Waals surface area contributed by atoms with Crippen LogP contribution in [-0.2, 0) is 15.3 Å². The Labute approximate surface area is 150 Å². The van der Waals surface area contributed by atoms with Gasteiger partial charge in [0.2, 0.25) is 0 Å². The van der Waals surface area contributed by atoms with Crippen molar-refractivity contribution in [1.29, 1.82) is 0 Å². The van der Waals surface area contributed by atoms with E-state index in [0.717, 1.165) is 30.5 Å². The van der Waals surface area contributed by atoms with Crippen LogP contribution < -0.4 is 5.32 Å². The molecule has 1 aromatic carbocycles. The van der Waals surface area contributed by atoms with Gasteiger partial charge >= 0.3 is 6.03 Å². The molecule has 2 amide bonds. The van der Waals surface area contributed by atoms with Gasteiger partial charge in [0.25, 0.3) is 0 Å². The Bertz CT molecular complexity index is 752. The molecule has 0 radical (unpaired) electrons. The van der Waals surface area contributed by atoms with Crippen LogP contribution in [0.2, 0.25) is 0 Å². The summed E-state index contributed by atoms with van der Waals surface area (Å²) in [6, 6.07) is 7.46. The van der Waals surface area contributed by atoms with Crippen LogP contribution in [0.15, 0.2) is 24.3 Å². The predicted molar refractivity (Wildman–Crippen MR) is 101 cm³/mol. The second kappa shape index (κ2) is 6.63. The van der Waals surface area contributed by atoms with Crippen molar-refractivity contribution in [2.24, 2.45) is 0 Å². The maximum absolute atomic E-state index is 12.9. The van der Waals surface area contributed by atoms with Crippen molar-refractivity contribution < 1.29 is 13.2 Å². The molecule has 5 nitrogen and oxygen atoms in total. The number of carbonyl (C=O) groups is 1. The number of sulfone groups is 1. The molecule has 1 saturated carbocycles. The van der Waals surface area contributed by atoms with E-state index in [4.69, 9.17) is 0 Å². The monoisotopic (exact) mass is 364 g/mol. The number of hydrogen-bond acceptors (Lipinski definition) is 3. The summed E-state index contributed by atoms with van der Waals surface area (Å²) in [5.74, 6) is 0.0719. The Kier molecular flexibility index (Phi) is 4.84. The number of amides is 2. The van der Waals surface area contributed by atoms with Crippen molar-refractivity contribution in [3.8, 4) is 0 Å². The van der Waals surface area contributed by atoms with Crippen LogP contribution in [0.3, 0.4) is 0 Å². The van der Waals surface area contributed by atoms with E-state index in [-0.39, 0.29) is 29.8 Å². The third kappa shape index (κ3) is 3.68. The average Bonchev–Trinajstić information content (AvgIpc) is 2.54. The summed E-state index contributed by atoms with van der Waals surface area (Å²) in [5, 5.41) is 2.65. The highest BCUT2D eigenvalue weighted by Crippen LogP contribution is 2.33. The molecule has 1 saturated heterocycles. The number of anilines is 1. The molecule has 0 bridgehead atoms. The minimum atomic E-state index is -3.08. The van der Waals surface area contributed by atoms with Crippen molar-refractivity contribution in [2.45, 2.75) is 63.2 Å². The molecule has 2 atom stereocenters. The van der Waals surface area contributed by atoms with Crippen LogP contribution in [-0.4, -0.2) is 42.9 Å². The molecule has 2 aliphatic rings. The molecule has 0 spiro atoms. The summed E-state index contributed by atoms with van der Waals surface area (Å²) in [7, 11) is -3.08. The second-order valence-corrected chi connectivity index (χ2v) is 10.5. The van der Waals surface area contributed by atoms with Gasteiger partial charge in [-0.15, -0.1) is 0 Å². The number of para-hydroxylation sites is 1. The Balaban J connectivity index is 1.83. The maximum atomic E-state index is 12.9. The van der Waals surface area contributed by atoms with Gasteiger partial charge in [0.05, 0.1) is 17.0 Å². The fraction of sp³-hybridized carbons (Fsp3) is 0.632. The number of nitrogens with zero attached hydrogens (tertiary/aromatic N) is 1. The number of nitrogens with one attached hydrogen (secondary N) is 1. The smallest absolute Gasteiger partial charge is 0.319 e. The third-order valence-electron chi connectivity index (χ3n) is 5.38. The molecule has 3 rings (SSSR count). The van der Waals surface area contributed by atoms with Crippen LogP contribution in [0.4, 0.5) is 10.5 Å². The summed E-state index contributed by atoms with van der Waals surface area (Å²) >= 11 is 0. The van der Waals surface area contributed by atoms with Crippen LogP contribution in [0, 0.1) is 0 Å². The molecule has 6 heteroatoms. The van der Waals surface area contributed by atoms with Crippen molar-refractivity contribution in [3.63, 3.8) is 0 Å². The highest BCUT2D eigenvalue weighted by molar-refractivity contribution is 7.92. The first kappa shape index (κ1) is 18.2. The second-order valence-electron chi connectivity index (χ2n) is 8.18. The minimum absolute atomic E-state index is 0.0719. The predicted octanol–water partition coefficient (Wildman–Crippen LogP) is 3.56. The Morgan fingerprint density at radius 1 is 1.16 bits per heavy atom. The summed E-state index contributed by atoms with van der Waals surface area (Å²) in [5.41, 5.74) is 1.80. The molecule has 138 valence electrons. The summed E-state index contributed by atoms with van der Waals surface area (Å²) in [6.07, 6.45) is 3.37. The molecule has 0 unspecified atom stereocenters. The SMILES string of the molecule is CC(C)(C)c1ccccc1NC(=O)N1CCS(=O)(=O)[C@@H]2CCCC[C@H]21. The van der Waals surface area contributed by atoms with Gasteiger partial charge in [0.1, 0.15) is 0 Å². The quantitative estimate of drug-likeness (QED) is 0.828. The fourth-order valence-corrected chi connectivity index (χ4v) is 6.12. The zero-order valence-corrected chi connectivity index (χ0v) is 16.1. The maximum Gasteiger partial charge on any atom is 0.322 e. The molecule has 1 N–H and O–H groups in total. The van der Waals surface area contributed by atoms with Gasteiger partial charge in [0, 0.05) is 12.2 Å². The first-order valence-electron chi connectivity index (χ1n) is 9.09. The summed E-state index contributed by atoms with van der Waals surface area (Å²) in [4.78, 5) is 14.7. The standard InChI is InChI=1S/C19H28N2O3S/c1-19(2,3)14-8-4-5-9-15(14)20-18(22)21-12-13-25(23,24)17-11-7-6-10-16(17)21/h4-5,8-9,16-17H,6-7,10-13H2,1-3H3,(H,20,22)/t16-,17-/m1/s1. The highest BCUT2D eigenvalue weighted by atomic mass is 32.2. The van der Waals surface area contributed by atoms with E-state index < -0.39 is 15.1 Å². The zero-order chi connectivity index (χ0) is 18.2. The zero-order valence-electron chi connectivity index (χ0n) is 15.3. The van der Waals surface area contributed by atoms with Crippen LogP contribution >= 0.6 is 0 Å². The van der Waals surface area contributed by atoms with E-state index >= 15 is 0 Å². The highest BCUT2D eigenvalue weighted by Gasteiger charge is 2.44. The number of urea groups is 1. The lowest BCUT2D eigenvalue weighted by Gasteiger charge is -2.43. The number of hydrogen-bond donors (Lipinski definition) is 1. The first-order valence-corrected chi connectivity index (χ1v) is 10.8. The molecular weight excluding hydrogens is 336 g/mol. The van der Waals surface area contributed by atoms with E-state index in [1.54, 1.807) is 4.90 Å². The minimum Gasteiger partial charge on any atom is -0.319 e. The van der Waals surface area contributed by atoms with E-state index in [1.165, 1.54) is 0 Å². The molecule has 1 aliphatic carbocycles. The van der Waals surface area contributed by atoms with Gasteiger partial charge in [-0.1, -0.05) is 51.8 Å². The fourth-order valence-electron chi connectivity index (χ4n) is 4.08. The molecule has 0 aromatic heterocycles. The van der Waals surface area contributed by atoms with Gasteiger partial charge in [-0.25, -0.2) is 13.2 Å². The summed E-state index contributed by atoms with van der Waals surface area (Å²) in [6.45, 7) is 6.63. The van der Waals surface area contributed by atoms with Gasteiger partial charge in [-0.2, -0.15) is 0 Å². The molecular formula is C19H28N2O3S. The normalized spacial score (nSPS) is 26.0. The van der Waals surface area contributed by atoms with Crippen molar-refractivity contribution >= 4 is 21.6 Å². The van der Waals surface area contributed by atoms with Crippen molar-refractivity contribution in [2.75, 3.05) is 17.6 Å². The van der Waals surface area contributed by atoms with Gasteiger partial charge in [-0.05, 0) is 29.9 Å². The van der Waals surface area contributed by atoms with Gasteiger partial charge in [0.15, 0.2) is 9.84 Å². The van der Waals surface area contributed by atoms with Crippen LogP contribution in [0.25, 0.3) is 0 Å². The van der Waals surface area contributed by atoms with Gasteiger partial charge in [-0.3, -0.25) is 0 Å². The van der Waals surface area contributed by atoms with Crippen LogP contribution in [0.5, 0.6) is 0 Å². The Morgan fingerprint density at radius 2 is 1.84 bits per heavy atom. The van der Waals surface area contributed by atoms with Gasteiger partial charge < -0.3 is 10.2 Å². The Hall–Kier alpha value is -1.56. The lowest BCUT2D eigenvalue weighted by molar-refractivity contribution is 0.167. The molecule has 1 aliphatic heterocycles. The van der Waals surface area contributed by atoms with E-state index in [1.807, 2.05) is 24.3 Å². The topological polar surface area (TPSA) is 66.5 Å². The van der Waals surface area contributed by atoms with E-state index in [9.17, 15) is 13.2 Å². The molecule has 2 fully saturated rings. The lowest BCUT2D eigenvalue weighted by Crippen LogP contribution is -2.58. The van der Waals surface area contributed by atoms with Crippen molar-refractivity contribution in [3.05, 3.63) is 29.8 Å². The molecule has 25 heavy (non-hydrogen) atoms.